The van der Waals surface area contributed by atoms with Crippen LogP contribution in [0.2, 0.25) is 0 Å². The van der Waals surface area contributed by atoms with E-state index >= 15 is 0 Å². The molecule has 0 aliphatic carbocycles. The number of anilines is 1. The lowest BCUT2D eigenvalue weighted by Crippen LogP contribution is -2.32. The second-order valence-electron chi connectivity index (χ2n) is 4.69. The van der Waals surface area contributed by atoms with Crippen LogP contribution in [0.1, 0.15) is 5.56 Å². The Labute approximate surface area is 139 Å². The van der Waals surface area contributed by atoms with Crippen LogP contribution >= 0.6 is 0 Å². The van der Waals surface area contributed by atoms with Gasteiger partial charge in [0.15, 0.2) is 0 Å². The number of hydrogen-bond acceptors (Lipinski definition) is 4. The number of rotatable bonds is 6. The molecule has 0 unspecified atom stereocenters. The molecule has 0 aromatic heterocycles. The van der Waals surface area contributed by atoms with Gasteiger partial charge in [-0.15, -0.1) is 0 Å². The summed E-state index contributed by atoms with van der Waals surface area (Å²) in [6, 6.07) is 15.8. The number of nitrogens with zero attached hydrogens (tertiary/aromatic N) is 1. The minimum absolute atomic E-state index is 0.400. The van der Waals surface area contributed by atoms with Crippen LogP contribution in [-0.2, 0) is 9.59 Å². The van der Waals surface area contributed by atoms with Crippen molar-refractivity contribution >= 4 is 23.7 Å². The predicted molar refractivity (Wildman–Crippen MR) is 92.9 cm³/mol. The molecule has 0 heterocycles. The molecular weight excluding hydrogens is 306 g/mol. The van der Waals surface area contributed by atoms with Crippen molar-refractivity contribution in [3.8, 4) is 5.75 Å². The van der Waals surface area contributed by atoms with Crippen molar-refractivity contribution in [1.29, 1.82) is 0 Å². The Bertz CT molecular complexity index is 742. The highest BCUT2D eigenvalue weighted by atomic mass is 16.5. The van der Waals surface area contributed by atoms with Gasteiger partial charge in [-0.3, -0.25) is 9.59 Å². The van der Waals surface area contributed by atoms with Gasteiger partial charge in [-0.2, -0.15) is 5.10 Å². The fraction of sp³-hybridized carbons (Fsp3) is 0.0556. The van der Waals surface area contributed by atoms with E-state index in [-0.39, 0.29) is 0 Å². The van der Waals surface area contributed by atoms with Gasteiger partial charge in [-0.1, -0.05) is 43.0 Å². The van der Waals surface area contributed by atoms with Gasteiger partial charge >= 0.3 is 11.8 Å². The van der Waals surface area contributed by atoms with Gasteiger partial charge in [0.25, 0.3) is 0 Å². The van der Waals surface area contributed by atoms with Crippen LogP contribution in [0.4, 0.5) is 5.69 Å². The van der Waals surface area contributed by atoms with Gasteiger partial charge < -0.3 is 10.1 Å². The van der Waals surface area contributed by atoms with Crippen molar-refractivity contribution in [2.45, 2.75) is 0 Å². The highest BCUT2D eigenvalue weighted by Gasteiger charge is 2.12. The summed E-state index contributed by atoms with van der Waals surface area (Å²) in [4.78, 5) is 23.4. The van der Waals surface area contributed by atoms with Gasteiger partial charge in [0.05, 0.1) is 6.21 Å². The summed E-state index contributed by atoms with van der Waals surface area (Å²) in [5.41, 5.74) is 3.43. The normalized spacial score (nSPS) is 10.2. The van der Waals surface area contributed by atoms with Crippen molar-refractivity contribution < 1.29 is 14.3 Å². The molecule has 2 N–H and O–H groups in total. The zero-order valence-corrected chi connectivity index (χ0v) is 12.9. The number of carbonyl (C=O) groups excluding carboxylic acids is 2. The molecular formula is C18H17N3O3. The molecule has 0 aliphatic heterocycles. The van der Waals surface area contributed by atoms with Gasteiger partial charge in [0, 0.05) is 5.69 Å². The Morgan fingerprint density at radius 3 is 2.62 bits per heavy atom. The standard InChI is InChI=1S/C18H17N3O3/c1-2-11-24-16-10-6-7-14(12-16)13-19-21-18(23)17(22)20-15-8-4-3-5-9-15/h2-10,12-13H,1,11H2,(H,20,22)(H,21,23)/b19-13+. The largest absolute Gasteiger partial charge is 0.490 e. The number of para-hydroxylation sites is 1. The summed E-state index contributed by atoms with van der Waals surface area (Å²) in [5, 5.41) is 6.23. The Kier molecular flexibility index (Phi) is 6.28. The molecule has 0 bridgehead atoms. The smallest absolute Gasteiger partial charge is 0.329 e. The topological polar surface area (TPSA) is 79.8 Å². The Hall–Kier alpha value is -3.41. The van der Waals surface area contributed by atoms with E-state index in [1.165, 1.54) is 6.21 Å². The maximum absolute atomic E-state index is 11.7. The third-order valence-corrected chi connectivity index (χ3v) is 2.84. The molecule has 6 heteroatoms. The van der Waals surface area contributed by atoms with Crippen molar-refractivity contribution in [1.82, 2.24) is 5.43 Å². The molecule has 6 nitrogen and oxygen atoms in total. The third kappa shape index (κ3) is 5.42. The lowest BCUT2D eigenvalue weighted by Gasteiger charge is -2.04. The number of nitrogens with one attached hydrogen (secondary N) is 2. The zero-order valence-electron chi connectivity index (χ0n) is 12.9. The first-order valence-electron chi connectivity index (χ1n) is 7.22. The zero-order chi connectivity index (χ0) is 17.2. The molecule has 2 aromatic carbocycles. The van der Waals surface area contributed by atoms with Crippen LogP contribution in [0.5, 0.6) is 5.75 Å². The average Bonchev–Trinajstić information content (AvgIpc) is 2.61. The summed E-state index contributed by atoms with van der Waals surface area (Å²) >= 11 is 0. The fourth-order valence-corrected chi connectivity index (χ4v) is 1.77. The number of hydrogen-bond donors (Lipinski definition) is 2. The summed E-state index contributed by atoms with van der Waals surface area (Å²) in [5.74, 6) is -0.984. The maximum atomic E-state index is 11.7. The van der Waals surface area contributed by atoms with Gasteiger partial charge in [-0.05, 0) is 29.8 Å². The molecule has 24 heavy (non-hydrogen) atoms. The second-order valence-corrected chi connectivity index (χ2v) is 4.69. The van der Waals surface area contributed by atoms with E-state index in [0.29, 0.717) is 18.0 Å². The first-order chi connectivity index (χ1) is 11.7. The molecule has 2 aromatic rings. The van der Waals surface area contributed by atoms with E-state index in [1.54, 1.807) is 54.6 Å². The first kappa shape index (κ1) is 17.0. The van der Waals surface area contributed by atoms with Crippen LogP contribution in [0.3, 0.4) is 0 Å². The van der Waals surface area contributed by atoms with Crippen LogP contribution in [0.25, 0.3) is 0 Å². The molecule has 0 atom stereocenters. The summed E-state index contributed by atoms with van der Waals surface area (Å²) in [7, 11) is 0. The highest BCUT2D eigenvalue weighted by molar-refractivity contribution is 6.39. The highest BCUT2D eigenvalue weighted by Crippen LogP contribution is 2.11. The molecule has 122 valence electrons. The van der Waals surface area contributed by atoms with Crippen LogP contribution in [0.15, 0.2) is 72.4 Å². The Balaban J connectivity index is 1.87. The molecule has 0 fully saturated rings. The number of benzene rings is 2. The monoisotopic (exact) mass is 323 g/mol. The SMILES string of the molecule is C=CCOc1cccc(/C=N/NC(=O)C(=O)Nc2ccccc2)c1. The number of carbonyl (C=O) groups is 2. The van der Waals surface area contributed by atoms with E-state index in [9.17, 15) is 9.59 Å². The molecule has 0 saturated heterocycles. The molecule has 2 amide bonds. The van der Waals surface area contributed by atoms with Crippen molar-refractivity contribution in [2.75, 3.05) is 11.9 Å². The van der Waals surface area contributed by atoms with E-state index < -0.39 is 11.8 Å². The quantitative estimate of drug-likeness (QED) is 0.371. The molecule has 2 rings (SSSR count). The minimum Gasteiger partial charge on any atom is -0.490 e. The lowest BCUT2D eigenvalue weighted by atomic mass is 10.2. The lowest BCUT2D eigenvalue weighted by molar-refractivity contribution is -0.136. The predicted octanol–water partition coefficient (Wildman–Crippen LogP) is 2.34. The summed E-state index contributed by atoms with van der Waals surface area (Å²) in [6.07, 6.45) is 3.07. The molecule has 0 saturated carbocycles. The van der Waals surface area contributed by atoms with Gasteiger partial charge in [0.1, 0.15) is 12.4 Å². The Morgan fingerprint density at radius 1 is 1.08 bits per heavy atom. The minimum atomic E-state index is -0.853. The van der Waals surface area contributed by atoms with E-state index in [1.807, 2.05) is 6.07 Å². The van der Waals surface area contributed by atoms with Gasteiger partial charge in [0.2, 0.25) is 0 Å². The van der Waals surface area contributed by atoms with Crippen molar-refractivity contribution in [3.63, 3.8) is 0 Å². The fourth-order valence-electron chi connectivity index (χ4n) is 1.77. The summed E-state index contributed by atoms with van der Waals surface area (Å²) < 4.78 is 5.40. The molecule has 0 aliphatic rings. The van der Waals surface area contributed by atoms with Crippen LogP contribution in [0, 0.1) is 0 Å². The molecule has 0 radical (unpaired) electrons. The van der Waals surface area contributed by atoms with E-state index in [0.717, 1.165) is 5.56 Å². The summed E-state index contributed by atoms with van der Waals surface area (Å²) in [6.45, 7) is 3.98. The first-order valence-corrected chi connectivity index (χ1v) is 7.22. The third-order valence-electron chi connectivity index (χ3n) is 2.84. The van der Waals surface area contributed by atoms with Gasteiger partial charge in [-0.25, -0.2) is 5.43 Å². The maximum Gasteiger partial charge on any atom is 0.329 e. The van der Waals surface area contributed by atoms with E-state index in [4.69, 9.17) is 4.74 Å². The average molecular weight is 323 g/mol. The Morgan fingerprint density at radius 2 is 1.88 bits per heavy atom. The number of ether oxygens (including phenoxy) is 1. The van der Waals surface area contributed by atoms with Crippen molar-refractivity contribution in [3.05, 3.63) is 72.8 Å². The second kappa shape index (κ2) is 8.89. The number of hydrazone groups is 1. The molecule has 0 spiro atoms. The van der Waals surface area contributed by atoms with Crippen molar-refractivity contribution in [2.24, 2.45) is 5.10 Å². The van der Waals surface area contributed by atoms with Crippen LogP contribution < -0.4 is 15.5 Å². The van der Waals surface area contributed by atoms with E-state index in [2.05, 4.69) is 22.4 Å². The van der Waals surface area contributed by atoms with Crippen LogP contribution in [-0.4, -0.2) is 24.6 Å². The number of amides is 2.